The van der Waals surface area contributed by atoms with Crippen molar-refractivity contribution in [3.05, 3.63) is 17.7 Å². The predicted octanol–water partition coefficient (Wildman–Crippen LogP) is 1.31. The van der Waals surface area contributed by atoms with E-state index in [-0.39, 0.29) is 0 Å². The van der Waals surface area contributed by atoms with Gasteiger partial charge >= 0.3 is 0 Å². The fourth-order valence-corrected chi connectivity index (χ4v) is 1.43. The monoisotopic (exact) mass is 167 g/mol. The van der Waals surface area contributed by atoms with Crippen LogP contribution >= 0.6 is 0 Å². The van der Waals surface area contributed by atoms with Crippen LogP contribution in [0.15, 0.2) is 6.20 Å². The highest BCUT2D eigenvalue weighted by molar-refractivity contribution is 5.05. The maximum Gasteiger partial charge on any atom is 0.108 e. The maximum absolute atomic E-state index is 5.57. The molecule has 1 heterocycles. The molecule has 0 aliphatic carbocycles. The van der Waals surface area contributed by atoms with E-state index in [2.05, 4.69) is 23.4 Å². The van der Waals surface area contributed by atoms with E-state index in [1.54, 1.807) is 0 Å². The van der Waals surface area contributed by atoms with Crippen LogP contribution in [0.1, 0.15) is 31.8 Å². The molecule has 1 aromatic heterocycles. The average Bonchev–Trinajstić information content (AvgIpc) is 2.47. The Morgan fingerprint density at radius 1 is 1.50 bits per heavy atom. The lowest BCUT2D eigenvalue weighted by Gasteiger charge is -2.06. The number of hydrogen-bond acceptors (Lipinski definition) is 2. The summed E-state index contributed by atoms with van der Waals surface area (Å²) in [7, 11) is 0. The zero-order valence-electron chi connectivity index (χ0n) is 7.88. The minimum atomic E-state index is 0.588. The van der Waals surface area contributed by atoms with E-state index in [1.807, 2.05) is 6.20 Å². The molecule has 0 atom stereocenters. The second kappa shape index (κ2) is 4.26. The van der Waals surface area contributed by atoms with Crippen LogP contribution in [0.5, 0.6) is 0 Å². The molecule has 0 amide bonds. The van der Waals surface area contributed by atoms with Crippen molar-refractivity contribution in [2.45, 2.75) is 39.8 Å². The number of rotatable bonds is 4. The molecule has 1 rings (SSSR count). The molecule has 2 N–H and O–H groups in total. The summed E-state index contributed by atoms with van der Waals surface area (Å²) in [4.78, 5) is 4.33. The van der Waals surface area contributed by atoms with Crippen LogP contribution in [0.25, 0.3) is 0 Å². The van der Waals surface area contributed by atoms with Crippen molar-refractivity contribution in [2.24, 2.45) is 5.73 Å². The molecule has 3 nitrogen and oxygen atoms in total. The molecular weight excluding hydrogens is 150 g/mol. The van der Waals surface area contributed by atoms with Crippen molar-refractivity contribution in [1.29, 1.82) is 0 Å². The average molecular weight is 167 g/mol. The second-order valence-electron chi connectivity index (χ2n) is 2.86. The lowest BCUT2D eigenvalue weighted by atomic mass is 10.3. The summed E-state index contributed by atoms with van der Waals surface area (Å²) in [5, 5.41) is 0. The van der Waals surface area contributed by atoms with Crippen molar-refractivity contribution in [3.8, 4) is 0 Å². The Morgan fingerprint density at radius 3 is 2.75 bits per heavy atom. The van der Waals surface area contributed by atoms with Gasteiger partial charge in [0.15, 0.2) is 0 Å². The second-order valence-corrected chi connectivity index (χ2v) is 2.86. The fraction of sp³-hybridized carbons (Fsp3) is 0.667. The highest BCUT2D eigenvalue weighted by atomic mass is 15.1. The van der Waals surface area contributed by atoms with Crippen LogP contribution < -0.4 is 5.73 Å². The van der Waals surface area contributed by atoms with Crippen LogP contribution in [0.3, 0.4) is 0 Å². The summed E-state index contributed by atoms with van der Waals surface area (Å²) in [6, 6.07) is 0. The quantitative estimate of drug-likeness (QED) is 0.735. The van der Waals surface area contributed by atoms with E-state index in [4.69, 9.17) is 5.73 Å². The highest BCUT2D eigenvalue weighted by Crippen LogP contribution is 2.06. The van der Waals surface area contributed by atoms with Gasteiger partial charge in [-0.1, -0.05) is 6.92 Å². The lowest BCUT2D eigenvalue weighted by molar-refractivity contribution is 0.653. The number of hydrogen-bond donors (Lipinski definition) is 1. The molecule has 3 heteroatoms. The first kappa shape index (κ1) is 9.26. The number of nitrogens with zero attached hydrogens (tertiary/aromatic N) is 2. The zero-order valence-corrected chi connectivity index (χ0v) is 7.88. The highest BCUT2D eigenvalue weighted by Gasteiger charge is 2.04. The Kier molecular flexibility index (Phi) is 3.29. The third kappa shape index (κ3) is 1.67. The normalized spacial score (nSPS) is 10.6. The minimum Gasteiger partial charge on any atom is -0.331 e. The van der Waals surface area contributed by atoms with Crippen LogP contribution in [0, 0.1) is 0 Å². The Labute approximate surface area is 73.6 Å². The van der Waals surface area contributed by atoms with Gasteiger partial charge in [-0.2, -0.15) is 0 Å². The van der Waals surface area contributed by atoms with Crippen molar-refractivity contribution >= 4 is 0 Å². The summed E-state index contributed by atoms with van der Waals surface area (Å²) in [6.45, 7) is 5.85. The van der Waals surface area contributed by atoms with Gasteiger partial charge in [-0.15, -0.1) is 0 Å². The van der Waals surface area contributed by atoms with Gasteiger partial charge in [0.05, 0.1) is 5.69 Å². The van der Waals surface area contributed by atoms with Gasteiger partial charge < -0.3 is 10.3 Å². The van der Waals surface area contributed by atoms with E-state index in [9.17, 15) is 0 Å². The first-order valence-corrected chi connectivity index (χ1v) is 4.56. The van der Waals surface area contributed by atoms with Crippen molar-refractivity contribution < 1.29 is 0 Å². The van der Waals surface area contributed by atoms with Crippen LogP contribution in [-0.2, 0) is 19.5 Å². The molecule has 0 aromatic carbocycles. The molecule has 0 bridgehead atoms. The van der Waals surface area contributed by atoms with Crippen molar-refractivity contribution in [1.82, 2.24) is 9.55 Å². The summed E-state index contributed by atoms with van der Waals surface area (Å²) >= 11 is 0. The Balaban J connectivity index is 2.88. The minimum absolute atomic E-state index is 0.588. The Morgan fingerprint density at radius 2 is 2.25 bits per heavy atom. The Hall–Kier alpha value is -0.830. The molecule has 0 radical (unpaired) electrons. The third-order valence-corrected chi connectivity index (χ3v) is 2.02. The standard InChI is InChI=1S/C9H17N3/c1-3-5-9-11-7-8(6-10)12(9)4-2/h7H,3-6,10H2,1-2H3. The maximum atomic E-state index is 5.57. The van der Waals surface area contributed by atoms with Gasteiger partial charge in [-0.25, -0.2) is 4.98 Å². The molecule has 0 aliphatic rings. The molecule has 0 aliphatic heterocycles. The van der Waals surface area contributed by atoms with Crippen molar-refractivity contribution in [3.63, 3.8) is 0 Å². The molecule has 0 fully saturated rings. The summed E-state index contributed by atoms with van der Waals surface area (Å²) in [5.74, 6) is 1.17. The van der Waals surface area contributed by atoms with E-state index in [0.29, 0.717) is 6.54 Å². The van der Waals surface area contributed by atoms with Crippen LogP contribution in [-0.4, -0.2) is 9.55 Å². The molecule has 0 unspecified atom stereocenters. The Bertz CT molecular complexity index is 240. The van der Waals surface area contributed by atoms with Crippen LogP contribution in [0.4, 0.5) is 0 Å². The van der Waals surface area contributed by atoms with Gasteiger partial charge in [0.25, 0.3) is 0 Å². The third-order valence-electron chi connectivity index (χ3n) is 2.02. The molecule has 68 valence electrons. The summed E-state index contributed by atoms with van der Waals surface area (Å²) in [6.07, 6.45) is 4.07. The topological polar surface area (TPSA) is 43.8 Å². The number of aromatic nitrogens is 2. The zero-order chi connectivity index (χ0) is 8.97. The van der Waals surface area contributed by atoms with Crippen molar-refractivity contribution in [2.75, 3.05) is 0 Å². The van der Waals surface area contributed by atoms with Gasteiger partial charge in [-0.05, 0) is 13.3 Å². The summed E-state index contributed by atoms with van der Waals surface area (Å²) in [5.41, 5.74) is 6.71. The first-order valence-electron chi connectivity index (χ1n) is 4.56. The predicted molar refractivity (Wildman–Crippen MR) is 49.8 cm³/mol. The molecule has 0 spiro atoms. The SMILES string of the molecule is CCCc1ncc(CN)n1CC. The van der Waals surface area contributed by atoms with Crippen LogP contribution in [0.2, 0.25) is 0 Å². The van der Waals surface area contributed by atoms with Gasteiger partial charge in [0, 0.05) is 25.7 Å². The molecular formula is C9H17N3. The van der Waals surface area contributed by atoms with E-state index in [1.165, 1.54) is 5.82 Å². The molecule has 1 aromatic rings. The largest absolute Gasteiger partial charge is 0.331 e. The lowest BCUT2D eigenvalue weighted by Crippen LogP contribution is -2.08. The number of nitrogens with two attached hydrogens (primary N) is 1. The van der Waals surface area contributed by atoms with E-state index >= 15 is 0 Å². The summed E-state index contributed by atoms with van der Waals surface area (Å²) < 4.78 is 2.20. The smallest absolute Gasteiger partial charge is 0.108 e. The van der Waals surface area contributed by atoms with Gasteiger partial charge in [-0.3, -0.25) is 0 Å². The fourth-order valence-electron chi connectivity index (χ4n) is 1.43. The number of imidazole rings is 1. The number of aryl methyl sites for hydroxylation is 1. The molecule has 0 saturated heterocycles. The molecule has 12 heavy (non-hydrogen) atoms. The first-order chi connectivity index (χ1) is 5.83. The molecule has 0 saturated carbocycles. The van der Waals surface area contributed by atoms with E-state index in [0.717, 1.165) is 25.1 Å². The van der Waals surface area contributed by atoms with Gasteiger partial charge in [0.2, 0.25) is 0 Å². The van der Waals surface area contributed by atoms with Gasteiger partial charge in [0.1, 0.15) is 5.82 Å². The van der Waals surface area contributed by atoms with E-state index < -0.39 is 0 Å².